The lowest BCUT2D eigenvalue weighted by atomic mass is 10.1. The third-order valence-corrected chi connectivity index (χ3v) is 5.18. The first kappa shape index (κ1) is 20.6. The maximum Gasteiger partial charge on any atom is 0.277 e. The summed E-state index contributed by atoms with van der Waals surface area (Å²) >= 11 is 1.14. The predicted molar refractivity (Wildman–Crippen MR) is 113 cm³/mol. The van der Waals surface area contributed by atoms with Crippen LogP contribution in [0.25, 0.3) is 11.5 Å². The summed E-state index contributed by atoms with van der Waals surface area (Å²) in [5, 5.41) is 13.3. The molecule has 3 aromatic rings. The van der Waals surface area contributed by atoms with Gasteiger partial charge in [0.05, 0.1) is 11.8 Å². The molecule has 0 aliphatic rings. The van der Waals surface area contributed by atoms with Crippen molar-refractivity contribution in [3.63, 3.8) is 0 Å². The number of amides is 2. The molecule has 0 saturated heterocycles. The van der Waals surface area contributed by atoms with Crippen LogP contribution < -0.4 is 10.6 Å². The van der Waals surface area contributed by atoms with Gasteiger partial charge < -0.3 is 15.1 Å². The van der Waals surface area contributed by atoms with E-state index in [1.807, 2.05) is 62.4 Å². The zero-order valence-electron chi connectivity index (χ0n) is 16.4. The Morgan fingerprint density at radius 1 is 1.03 bits per heavy atom. The number of thioether (sulfide) groups is 1. The maximum atomic E-state index is 12.3. The molecule has 0 aliphatic heterocycles. The Bertz CT molecular complexity index is 984. The molecule has 2 aromatic carbocycles. The Balaban J connectivity index is 1.51. The summed E-state index contributed by atoms with van der Waals surface area (Å²) in [4.78, 5) is 24.5. The van der Waals surface area contributed by atoms with Gasteiger partial charge in [0, 0.05) is 11.3 Å². The van der Waals surface area contributed by atoms with E-state index in [4.69, 9.17) is 4.42 Å². The molecule has 0 radical (unpaired) electrons. The van der Waals surface area contributed by atoms with Crippen LogP contribution in [0.4, 0.5) is 5.69 Å². The summed E-state index contributed by atoms with van der Waals surface area (Å²) in [6, 6.07) is 15.2. The van der Waals surface area contributed by atoms with Crippen LogP contribution in [0.1, 0.15) is 18.1 Å². The number of hydrogen-bond acceptors (Lipinski definition) is 6. The minimum atomic E-state index is -0.493. The summed E-state index contributed by atoms with van der Waals surface area (Å²) in [5.41, 5.74) is 3.53. The molecular weight excluding hydrogens is 388 g/mol. The second kappa shape index (κ2) is 9.38. The smallest absolute Gasteiger partial charge is 0.277 e. The third kappa shape index (κ3) is 5.45. The zero-order valence-corrected chi connectivity index (χ0v) is 17.2. The van der Waals surface area contributed by atoms with Crippen LogP contribution in [-0.2, 0) is 9.59 Å². The van der Waals surface area contributed by atoms with E-state index in [0.717, 1.165) is 34.1 Å². The molecule has 0 saturated carbocycles. The van der Waals surface area contributed by atoms with E-state index < -0.39 is 5.25 Å². The van der Waals surface area contributed by atoms with E-state index in [9.17, 15) is 9.59 Å². The average Bonchev–Trinajstić information content (AvgIpc) is 3.18. The fraction of sp³-hybridized carbons (Fsp3) is 0.238. The highest BCUT2D eigenvalue weighted by Gasteiger charge is 2.19. The molecule has 3 rings (SSSR count). The molecule has 0 aliphatic carbocycles. The van der Waals surface area contributed by atoms with Crippen molar-refractivity contribution in [3.05, 3.63) is 59.7 Å². The van der Waals surface area contributed by atoms with Crippen molar-refractivity contribution < 1.29 is 14.0 Å². The molecule has 1 atom stereocenters. The van der Waals surface area contributed by atoms with E-state index in [2.05, 4.69) is 20.8 Å². The van der Waals surface area contributed by atoms with E-state index in [0.29, 0.717) is 11.1 Å². The number of aryl methyl sites for hydroxylation is 2. The van der Waals surface area contributed by atoms with Gasteiger partial charge in [-0.25, -0.2) is 0 Å². The Morgan fingerprint density at radius 2 is 1.72 bits per heavy atom. The van der Waals surface area contributed by atoms with Crippen molar-refractivity contribution in [2.24, 2.45) is 0 Å². The van der Waals surface area contributed by atoms with Crippen LogP contribution in [0.15, 0.2) is 58.2 Å². The number of para-hydroxylation sites is 1. The lowest BCUT2D eigenvalue weighted by Crippen LogP contribution is -2.37. The molecule has 2 amide bonds. The molecule has 1 heterocycles. The molecule has 2 N–H and O–H groups in total. The van der Waals surface area contributed by atoms with Gasteiger partial charge in [-0.05, 0) is 44.0 Å². The number of benzene rings is 2. The van der Waals surface area contributed by atoms with Crippen molar-refractivity contribution in [2.45, 2.75) is 31.2 Å². The number of anilines is 1. The predicted octanol–water partition coefficient (Wildman–Crippen LogP) is 3.59. The van der Waals surface area contributed by atoms with Crippen molar-refractivity contribution in [1.29, 1.82) is 0 Å². The molecule has 7 nitrogen and oxygen atoms in total. The zero-order chi connectivity index (χ0) is 20.8. The highest BCUT2D eigenvalue weighted by atomic mass is 32.2. The third-order valence-electron chi connectivity index (χ3n) is 4.24. The second-order valence-electron chi connectivity index (χ2n) is 6.53. The lowest BCUT2D eigenvalue weighted by molar-refractivity contribution is -0.123. The Kier molecular flexibility index (Phi) is 6.66. The fourth-order valence-corrected chi connectivity index (χ4v) is 3.37. The van der Waals surface area contributed by atoms with E-state index >= 15 is 0 Å². The van der Waals surface area contributed by atoms with Crippen molar-refractivity contribution in [3.8, 4) is 11.5 Å². The van der Waals surface area contributed by atoms with Gasteiger partial charge in [0.1, 0.15) is 0 Å². The van der Waals surface area contributed by atoms with Crippen molar-refractivity contribution in [1.82, 2.24) is 15.5 Å². The molecule has 0 fully saturated rings. The lowest BCUT2D eigenvalue weighted by Gasteiger charge is -2.13. The molecule has 1 aromatic heterocycles. The van der Waals surface area contributed by atoms with Crippen LogP contribution in [-0.4, -0.2) is 33.8 Å². The average molecular weight is 410 g/mol. The first-order valence-electron chi connectivity index (χ1n) is 9.13. The maximum absolute atomic E-state index is 12.3. The Labute approximate surface area is 173 Å². The number of carbonyl (C=O) groups is 2. The summed E-state index contributed by atoms with van der Waals surface area (Å²) in [7, 11) is 0. The van der Waals surface area contributed by atoms with Crippen LogP contribution >= 0.6 is 11.8 Å². The molecule has 0 spiro atoms. The van der Waals surface area contributed by atoms with Gasteiger partial charge in [-0.1, -0.05) is 48.2 Å². The van der Waals surface area contributed by atoms with Gasteiger partial charge in [-0.15, -0.1) is 10.2 Å². The number of carbonyl (C=O) groups excluding carboxylic acids is 2. The van der Waals surface area contributed by atoms with Crippen LogP contribution in [0.3, 0.4) is 0 Å². The molecule has 0 unspecified atom stereocenters. The first-order valence-corrected chi connectivity index (χ1v) is 10.0. The highest BCUT2D eigenvalue weighted by molar-refractivity contribution is 8.00. The van der Waals surface area contributed by atoms with Crippen LogP contribution in [0.5, 0.6) is 0 Å². The second-order valence-corrected chi connectivity index (χ2v) is 7.82. The number of nitrogens with zero attached hydrogens (tertiary/aromatic N) is 2. The summed E-state index contributed by atoms with van der Waals surface area (Å²) in [6.07, 6.45) is 0. The molecule has 0 bridgehead atoms. The van der Waals surface area contributed by atoms with E-state index in [1.54, 1.807) is 6.92 Å². The van der Waals surface area contributed by atoms with Gasteiger partial charge in [0.25, 0.3) is 5.22 Å². The van der Waals surface area contributed by atoms with Crippen molar-refractivity contribution >= 4 is 29.3 Å². The SMILES string of the molecule is Cc1cccc(C)c1NC(=O)CNC(=O)[C@@H](C)Sc1nnc(-c2ccccc2)o1. The molecule has 8 heteroatoms. The Hall–Kier alpha value is -3.13. The quantitative estimate of drug-likeness (QED) is 0.578. The molecular formula is C21H22N4O3S. The number of nitrogens with one attached hydrogen (secondary N) is 2. The highest BCUT2D eigenvalue weighted by Crippen LogP contribution is 2.26. The normalized spacial score (nSPS) is 11.7. The van der Waals surface area contributed by atoms with E-state index in [1.165, 1.54) is 0 Å². The van der Waals surface area contributed by atoms with Gasteiger partial charge in [-0.3, -0.25) is 9.59 Å². The standard InChI is InChI=1S/C21H22N4O3S/c1-13-8-7-9-14(2)18(13)23-17(26)12-22-19(27)15(3)29-21-25-24-20(28-21)16-10-5-4-6-11-16/h4-11,15H,12H2,1-3H3,(H,22,27)(H,23,26)/t15-/m1/s1. The minimum absolute atomic E-state index is 0.114. The summed E-state index contributed by atoms with van der Waals surface area (Å²) < 4.78 is 5.60. The molecule has 150 valence electrons. The van der Waals surface area contributed by atoms with Crippen molar-refractivity contribution in [2.75, 3.05) is 11.9 Å². The van der Waals surface area contributed by atoms with Gasteiger partial charge >= 0.3 is 0 Å². The van der Waals surface area contributed by atoms with Crippen LogP contribution in [0.2, 0.25) is 0 Å². The summed E-state index contributed by atoms with van der Waals surface area (Å²) in [5.74, 6) is -0.170. The number of hydrogen-bond donors (Lipinski definition) is 2. The van der Waals surface area contributed by atoms with Crippen LogP contribution in [0, 0.1) is 13.8 Å². The van der Waals surface area contributed by atoms with E-state index in [-0.39, 0.29) is 18.4 Å². The monoisotopic (exact) mass is 410 g/mol. The summed E-state index contributed by atoms with van der Waals surface area (Å²) in [6.45, 7) is 5.45. The molecule has 29 heavy (non-hydrogen) atoms. The fourth-order valence-electron chi connectivity index (χ4n) is 2.67. The topological polar surface area (TPSA) is 97.1 Å². The largest absolute Gasteiger partial charge is 0.411 e. The number of aromatic nitrogens is 2. The van der Waals surface area contributed by atoms with Gasteiger partial charge in [0.2, 0.25) is 17.7 Å². The first-order chi connectivity index (χ1) is 13.9. The van der Waals surface area contributed by atoms with Gasteiger partial charge in [0.15, 0.2) is 0 Å². The van der Waals surface area contributed by atoms with Gasteiger partial charge in [-0.2, -0.15) is 0 Å². The Morgan fingerprint density at radius 3 is 2.41 bits per heavy atom. The minimum Gasteiger partial charge on any atom is -0.411 e. The number of rotatable bonds is 7.